The lowest BCUT2D eigenvalue weighted by Crippen LogP contribution is -2.19. The van der Waals surface area contributed by atoms with Crippen molar-refractivity contribution in [3.8, 4) is 6.07 Å². The van der Waals surface area contributed by atoms with Crippen molar-refractivity contribution in [1.82, 2.24) is 0 Å². The van der Waals surface area contributed by atoms with Crippen molar-refractivity contribution in [2.75, 3.05) is 11.9 Å². The summed E-state index contributed by atoms with van der Waals surface area (Å²) >= 11 is 0. The van der Waals surface area contributed by atoms with Crippen LogP contribution in [-0.4, -0.2) is 13.1 Å². The van der Waals surface area contributed by atoms with Crippen molar-refractivity contribution in [1.29, 1.82) is 5.26 Å². The van der Waals surface area contributed by atoms with Crippen LogP contribution in [0.5, 0.6) is 0 Å². The molecule has 2 nitrogen and oxygen atoms in total. The van der Waals surface area contributed by atoms with Crippen LogP contribution in [-0.2, 0) is 0 Å². The van der Waals surface area contributed by atoms with Crippen molar-refractivity contribution in [3.63, 3.8) is 0 Å². The van der Waals surface area contributed by atoms with Crippen molar-refractivity contribution >= 4 is 5.69 Å². The monoisotopic (exact) mass is 190 g/mol. The summed E-state index contributed by atoms with van der Waals surface area (Å²) in [6.07, 6.45) is 2.32. The topological polar surface area (TPSA) is 27.0 Å². The summed E-state index contributed by atoms with van der Waals surface area (Å²) < 4.78 is 13.1. The molecule has 0 aliphatic heterocycles. The van der Waals surface area contributed by atoms with Crippen LogP contribution in [0.3, 0.4) is 0 Å². The summed E-state index contributed by atoms with van der Waals surface area (Å²) in [5, 5.41) is 8.69. The Balaban J connectivity index is 2.32. The van der Waals surface area contributed by atoms with Crippen LogP contribution in [0.1, 0.15) is 18.4 Å². The first-order chi connectivity index (χ1) is 6.70. The molecule has 1 aromatic rings. The van der Waals surface area contributed by atoms with Gasteiger partial charge in [0.15, 0.2) is 0 Å². The normalized spacial score (nSPS) is 14.9. The van der Waals surface area contributed by atoms with Crippen molar-refractivity contribution in [3.05, 3.63) is 29.6 Å². The second kappa shape index (κ2) is 3.30. The summed E-state index contributed by atoms with van der Waals surface area (Å²) in [5.41, 5.74) is 1.18. The summed E-state index contributed by atoms with van der Waals surface area (Å²) in [5.74, 6) is -0.341. The highest BCUT2D eigenvalue weighted by Gasteiger charge is 2.26. The Morgan fingerprint density at radius 3 is 2.71 bits per heavy atom. The molecule has 0 saturated heterocycles. The van der Waals surface area contributed by atoms with Crippen LogP contribution in [0.2, 0.25) is 0 Å². The fourth-order valence-electron chi connectivity index (χ4n) is 1.51. The summed E-state index contributed by atoms with van der Waals surface area (Å²) in [4.78, 5) is 2.03. The lowest BCUT2D eigenvalue weighted by molar-refractivity contribution is 0.626. The molecular formula is C11H11FN2. The van der Waals surface area contributed by atoms with Gasteiger partial charge in [0.1, 0.15) is 5.82 Å². The van der Waals surface area contributed by atoms with Gasteiger partial charge >= 0.3 is 0 Å². The summed E-state index contributed by atoms with van der Waals surface area (Å²) in [6.45, 7) is 0. The van der Waals surface area contributed by atoms with Gasteiger partial charge in [-0.25, -0.2) is 4.39 Å². The van der Waals surface area contributed by atoms with Gasteiger partial charge in [-0.2, -0.15) is 5.26 Å². The lowest BCUT2D eigenvalue weighted by atomic mass is 10.2. The zero-order valence-corrected chi connectivity index (χ0v) is 8.00. The fourth-order valence-corrected chi connectivity index (χ4v) is 1.51. The number of rotatable bonds is 2. The minimum Gasteiger partial charge on any atom is -0.371 e. The number of nitriles is 1. The Bertz CT molecular complexity index is 391. The van der Waals surface area contributed by atoms with E-state index in [-0.39, 0.29) is 5.82 Å². The summed E-state index contributed by atoms with van der Waals surface area (Å²) in [7, 11) is 1.94. The first-order valence-corrected chi connectivity index (χ1v) is 4.64. The van der Waals surface area contributed by atoms with Gasteiger partial charge < -0.3 is 4.90 Å². The summed E-state index contributed by atoms with van der Waals surface area (Å²) in [6, 6.07) is 6.94. The second-order valence-electron chi connectivity index (χ2n) is 3.65. The third-order valence-electron chi connectivity index (χ3n) is 2.51. The van der Waals surface area contributed by atoms with Gasteiger partial charge in [0.2, 0.25) is 0 Å². The SMILES string of the molecule is CN(c1cc(F)cc(C#N)c1)C1CC1. The molecule has 2 rings (SSSR count). The number of hydrogen-bond donors (Lipinski definition) is 0. The van der Waals surface area contributed by atoms with Crippen LogP contribution < -0.4 is 4.90 Å². The van der Waals surface area contributed by atoms with E-state index in [9.17, 15) is 4.39 Å². The van der Waals surface area contributed by atoms with Gasteiger partial charge in [0, 0.05) is 18.8 Å². The molecular weight excluding hydrogens is 179 g/mol. The largest absolute Gasteiger partial charge is 0.371 e. The molecule has 1 aliphatic carbocycles. The molecule has 0 heterocycles. The van der Waals surface area contributed by atoms with Gasteiger partial charge in [-0.05, 0) is 31.0 Å². The number of benzene rings is 1. The smallest absolute Gasteiger partial charge is 0.126 e. The maximum Gasteiger partial charge on any atom is 0.126 e. The molecule has 0 aromatic heterocycles. The third-order valence-corrected chi connectivity index (χ3v) is 2.51. The molecule has 3 heteroatoms. The molecule has 0 unspecified atom stereocenters. The fraction of sp³-hybridized carbons (Fsp3) is 0.364. The van der Waals surface area contributed by atoms with Gasteiger partial charge in [-0.15, -0.1) is 0 Å². The van der Waals surface area contributed by atoms with E-state index in [1.54, 1.807) is 6.07 Å². The zero-order chi connectivity index (χ0) is 10.1. The molecule has 14 heavy (non-hydrogen) atoms. The maximum atomic E-state index is 13.1. The molecule has 0 amide bonds. The third kappa shape index (κ3) is 1.69. The van der Waals surface area contributed by atoms with Crippen LogP contribution in [0.15, 0.2) is 18.2 Å². The van der Waals surface area contributed by atoms with Gasteiger partial charge in [-0.1, -0.05) is 0 Å². The van der Waals surface area contributed by atoms with E-state index >= 15 is 0 Å². The number of halogens is 1. The highest BCUT2D eigenvalue weighted by Crippen LogP contribution is 2.30. The molecule has 0 N–H and O–H groups in total. The Morgan fingerprint density at radius 1 is 1.43 bits per heavy atom. The average molecular weight is 190 g/mol. The Kier molecular flexibility index (Phi) is 2.12. The minimum atomic E-state index is -0.341. The van der Waals surface area contributed by atoms with Crippen LogP contribution in [0.25, 0.3) is 0 Å². The van der Waals surface area contributed by atoms with Crippen molar-refractivity contribution in [2.45, 2.75) is 18.9 Å². The molecule has 1 fully saturated rings. The van der Waals surface area contributed by atoms with E-state index in [1.165, 1.54) is 12.1 Å². The molecule has 1 aromatic carbocycles. The van der Waals surface area contributed by atoms with E-state index in [0.29, 0.717) is 11.6 Å². The van der Waals surface area contributed by atoms with E-state index in [0.717, 1.165) is 18.5 Å². The molecule has 0 radical (unpaired) electrons. The Morgan fingerprint density at radius 2 is 2.14 bits per heavy atom. The highest BCUT2D eigenvalue weighted by atomic mass is 19.1. The Labute approximate surface area is 82.6 Å². The van der Waals surface area contributed by atoms with Crippen LogP contribution in [0.4, 0.5) is 10.1 Å². The first kappa shape index (κ1) is 9.01. The number of nitrogens with zero attached hydrogens (tertiary/aromatic N) is 2. The van der Waals surface area contributed by atoms with Gasteiger partial charge in [-0.3, -0.25) is 0 Å². The molecule has 1 aliphatic rings. The van der Waals surface area contributed by atoms with Crippen LogP contribution >= 0.6 is 0 Å². The second-order valence-corrected chi connectivity index (χ2v) is 3.65. The van der Waals surface area contributed by atoms with Crippen molar-refractivity contribution in [2.24, 2.45) is 0 Å². The predicted octanol–water partition coefficient (Wildman–Crippen LogP) is 2.30. The van der Waals surface area contributed by atoms with Crippen molar-refractivity contribution < 1.29 is 4.39 Å². The van der Waals surface area contributed by atoms with E-state index in [2.05, 4.69) is 0 Å². The molecule has 72 valence electrons. The zero-order valence-electron chi connectivity index (χ0n) is 8.00. The minimum absolute atomic E-state index is 0.341. The Hall–Kier alpha value is -1.56. The predicted molar refractivity (Wildman–Crippen MR) is 52.5 cm³/mol. The number of anilines is 1. The van der Waals surface area contributed by atoms with Gasteiger partial charge in [0.25, 0.3) is 0 Å². The number of hydrogen-bond acceptors (Lipinski definition) is 2. The first-order valence-electron chi connectivity index (χ1n) is 4.64. The van der Waals surface area contributed by atoms with Gasteiger partial charge in [0.05, 0.1) is 11.6 Å². The molecule has 1 saturated carbocycles. The average Bonchev–Trinajstić information content (AvgIpc) is 2.99. The van der Waals surface area contributed by atoms with E-state index in [1.807, 2.05) is 18.0 Å². The van der Waals surface area contributed by atoms with Crippen LogP contribution in [0, 0.1) is 17.1 Å². The lowest BCUT2D eigenvalue weighted by Gasteiger charge is -2.18. The molecule has 0 spiro atoms. The van der Waals surface area contributed by atoms with E-state index in [4.69, 9.17) is 5.26 Å². The molecule has 0 atom stereocenters. The maximum absolute atomic E-state index is 13.1. The standard InChI is InChI=1S/C11H11FN2/c1-14(10-2-3-10)11-5-8(7-13)4-9(12)6-11/h4-6,10H,2-3H2,1H3. The quantitative estimate of drug-likeness (QED) is 0.715. The van der Waals surface area contributed by atoms with E-state index < -0.39 is 0 Å². The molecule has 0 bridgehead atoms. The highest BCUT2D eigenvalue weighted by molar-refractivity contribution is 5.52.